The Labute approximate surface area is 102 Å². The fourth-order valence-corrected chi connectivity index (χ4v) is 1.69. The molecule has 0 aliphatic rings. The van der Waals surface area contributed by atoms with Crippen molar-refractivity contribution in [3.63, 3.8) is 0 Å². The monoisotopic (exact) mass is 243 g/mol. The van der Waals surface area contributed by atoms with E-state index in [1.54, 1.807) is 30.6 Å². The van der Waals surface area contributed by atoms with Gasteiger partial charge in [-0.05, 0) is 18.2 Å². The lowest BCUT2D eigenvalue weighted by atomic mass is 10.3. The summed E-state index contributed by atoms with van der Waals surface area (Å²) in [6.45, 7) is 0. The van der Waals surface area contributed by atoms with Gasteiger partial charge in [-0.25, -0.2) is 14.9 Å². The highest BCUT2D eigenvalue weighted by molar-refractivity contribution is 5.82. The molecule has 0 spiro atoms. The van der Waals surface area contributed by atoms with Crippen LogP contribution in [-0.4, -0.2) is 9.97 Å². The first-order valence-corrected chi connectivity index (χ1v) is 5.43. The van der Waals surface area contributed by atoms with Crippen molar-refractivity contribution in [2.24, 2.45) is 0 Å². The van der Waals surface area contributed by atoms with Crippen LogP contribution >= 0.6 is 0 Å². The van der Waals surface area contributed by atoms with E-state index in [2.05, 4.69) is 15.4 Å². The number of rotatable bonds is 3. The quantitative estimate of drug-likeness (QED) is 0.695. The number of nitrogens with one attached hydrogen (secondary N) is 2. The van der Waals surface area contributed by atoms with E-state index in [1.165, 1.54) is 12.1 Å². The van der Waals surface area contributed by atoms with Gasteiger partial charge in [0.25, 0.3) is 0 Å². The van der Waals surface area contributed by atoms with Gasteiger partial charge in [-0.2, -0.15) is 0 Å². The van der Waals surface area contributed by atoms with E-state index in [-0.39, 0.29) is 5.82 Å². The third-order valence-corrected chi connectivity index (χ3v) is 2.52. The Balaban J connectivity index is 1.83. The fraction of sp³-hybridized carbons (Fsp3) is 0. The van der Waals surface area contributed by atoms with Crippen molar-refractivity contribution in [3.8, 4) is 5.75 Å². The fourth-order valence-electron chi connectivity index (χ4n) is 1.69. The molecule has 2 aromatic heterocycles. The lowest BCUT2D eigenvalue weighted by Crippen LogP contribution is -2.05. The molecule has 1 aromatic carbocycles. The molecule has 0 radical (unpaired) electrons. The molecule has 4 nitrogen and oxygen atoms in total. The van der Waals surface area contributed by atoms with E-state index in [0.717, 1.165) is 11.0 Å². The predicted octanol–water partition coefficient (Wildman–Crippen LogP) is 3.11. The second-order valence-corrected chi connectivity index (χ2v) is 3.76. The number of aromatic nitrogens is 2. The number of pyridine rings is 1. The van der Waals surface area contributed by atoms with Crippen LogP contribution < -0.4 is 10.3 Å². The molecular formula is C13H10FN3O. The largest absolute Gasteiger partial charge is 0.381 e. The summed E-state index contributed by atoms with van der Waals surface area (Å²) in [6, 6.07) is 9.67. The minimum absolute atomic E-state index is 0.315. The molecular weight excluding hydrogens is 233 g/mol. The summed E-state index contributed by atoms with van der Waals surface area (Å²) in [7, 11) is 0. The summed E-state index contributed by atoms with van der Waals surface area (Å²) < 4.78 is 13.0. The molecule has 5 heteroatoms. The highest BCUT2D eigenvalue weighted by Gasteiger charge is 2.04. The zero-order chi connectivity index (χ0) is 12.4. The number of anilines is 1. The van der Waals surface area contributed by atoms with Crippen molar-refractivity contribution in [3.05, 3.63) is 54.6 Å². The molecule has 18 heavy (non-hydrogen) atoms. The van der Waals surface area contributed by atoms with E-state index in [0.29, 0.717) is 11.4 Å². The Morgan fingerprint density at radius 1 is 1.22 bits per heavy atom. The van der Waals surface area contributed by atoms with Crippen LogP contribution in [0.15, 0.2) is 48.8 Å². The lowest BCUT2D eigenvalue weighted by Gasteiger charge is -2.08. The number of hydrogen-bond acceptors (Lipinski definition) is 3. The average molecular weight is 243 g/mol. The molecule has 0 aliphatic heterocycles. The Morgan fingerprint density at radius 2 is 2.17 bits per heavy atom. The number of aromatic amines is 1. The Hall–Kier alpha value is -2.56. The maximum absolute atomic E-state index is 13.0. The first-order valence-electron chi connectivity index (χ1n) is 5.43. The second-order valence-electron chi connectivity index (χ2n) is 3.76. The maximum Gasteiger partial charge on any atom is 0.167 e. The van der Waals surface area contributed by atoms with Gasteiger partial charge in [0.05, 0.1) is 11.1 Å². The van der Waals surface area contributed by atoms with E-state index < -0.39 is 0 Å². The molecule has 0 bridgehead atoms. The van der Waals surface area contributed by atoms with Gasteiger partial charge in [0, 0.05) is 24.5 Å². The highest BCUT2D eigenvalue weighted by Crippen LogP contribution is 2.23. The molecule has 0 aliphatic carbocycles. The number of nitrogens with zero attached hydrogens (tertiary/aromatic N) is 1. The van der Waals surface area contributed by atoms with Gasteiger partial charge in [0.2, 0.25) is 0 Å². The summed E-state index contributed by atoms with van der Waals surface area (Å²) in [5.74, 6) is 0.315. The van der Waals surface area contributed by atoms with Crippen molar-refractivity contribution in [1.82, 2.24) is 9.97 Å². The van der Waals surface area contributed by atoms with Gasteiger partial charge in [-0.3, -0.25) is 0 Å². The second kappa shape index (κ2) is 4.37. The van der Waals surface area contributed by atoms with Gasteiger partial charge in [-0.15, -0.1) is 0 Å². The number of fused-ring (bicyclic) bond motifs is 1. The number of benzene rings is 1. The smallest absolute Gasteiger partial charge is 0.167 e. The minimum Gasteiger partial charge on any atom is -0.381 e. The molecule has 0 saturated carbocycles. The topological polar surface area (TPSA) is 49.9 Å². The zero-order valence-electron chi connectivity index (χ0n) is 9.35. The summed E-state index contributed by atoms with van der Waals surface area (Å²) in [5.41, 5.74) is 4.00. The van der Waals surface area contributed by atoms with Crippen LogP contribution in [0.3, 0.4) is 0 Å². The van der Waals surface area contributed by atoms with Crippen molar-refractivity contribution < 1.29 is 9.23 Å². The van der Waals surface area contributed by atoms with Crippen molar-refractivity contribution in [2.45, 2.75) is 0 Å². The number of H-pyrrole nitrogens is 1. The van der Waals surface area contributed by atoms with Crippen molar-refractivity contribution in [1.29, 1.82) is 0 Å². The van der Waals surface area contributed by atoms with Gasteiger partial charge < -0.3 is 9.82 Å². The first kappa shape index (κ1) is 10.6. The maximum atomic E-state index is 13.0. The van der Waals surface area contributed by atoms with Gasteiger partial charge in [-0.1, -0.05) is 6.07 Å². The van der Waals surface area contributed by atoms with Gasteiger partial charge in [0.15, 0.2) is 5.75 Å². The van der Waals surface area contributed by atoms with Crippen LogP contribution in [0.25, 0.3) is 11.0 Å². The van der Waals surface area contributed by atoms with Crippen LogP contribution in [0.2, 0.25) is 0 Å². The third-order valence-electron chi connectivity index (χ3n) is 2.52. The first-order chi connectivity index (χ1) is 8.83. The van der Waals surface area contributed by atoms with E-state index >= 15 is 0 Å². The zero-order valence-corrected chi connectivity index (χ0v) is 9.35. The Bertz CT molecular complexity index is 681. The molecule has 0 atom stereocenters. The van der Waals surface area contributed by atoms with E-state index in [9.17, 15) is 4.39 Å². The standard InChI is InChI=1S/C13H10FN3O/c14-9-2-1-3-10(8-9)17-18-12-5-7-16-13-11(12)4-6-15-13/h1-8,17H,(H,15,16). The van der Waals surface area contributed by atoms with E-state index in [1.807, 2.05) is 6.07 Å². The predicted molar refractivity (Wildman–Crippen MR) is 66.7 cm³/mol. The lowest BCUT2D eigenvalue weighted by molar-refractivity contribution is 0.409. The van der Waals surface area contributed by atoms with Gasteiger partial charge in [0.1, 0.15) is 11.5 Å². The van der Waals surface area contributed by atoms with E-state index in [4.69, 9.17) is 4.84 Å². The highest BCUT2D eigenvalue weighted by atomic mass is 19.1. The Kier molecular flexibility index (Phi) is 2.57. The van der Waals surface area contributed by atoms with Crippen LogP contribution in [0.4, 0.5) is 10.1 Å². The summed E-state index contributed by atoms with van der Waals surface area (Å²) in [5, 5.41) is 0.862. The Morgan fingerprint density at radius 3 is 3.06 bits per heavy atom. The number of hydrogen-bond donors (Lipinski definition) is 2. The number of halogens is 1. The van der Waals surface area contributed by atoms with Crippen LogP contribution in [0.5, 0.6) is 5.75 Å². The molecule has 0 fully saturated rings. The van der Waals surface area contributed by atoms with Gasteiger partial charge >= 0.3 is 0 Å². The molecule has 0 unspecified atom stereocenters. The minimum atomic E-state index is -0.315. The molecule has 90 valence electrons. The molecule has 2 heterocycles. The van der Waals surface area contributed by atoms with Crippen LogP contribution in [0, 0.1) is 5.82 Å². The molecule has 3 aromatic rings. The normalized spacial score (nSPS) is 10.5. The molecule has 3 rings (SSSR count). The van der Waals surface area contributed by atoms with Crippen LogP contribution in [-0.2, 0) is 0 Å². The summed E-state index contributed by atoms with van der Waals surface area (Å²) in [6.07, 6.45) is 3.42. The summed E-state index contributed by atoms with van der Waals surface area (Å²) >= 11 is 0. The molecule has 2 N–H and O–H groups in total. The van der Waals surface area contributed by atoms with Crippen molar-refractivity contribution >= 4 is 16.7 Å². The third kappa shape index (κ3) is 1.98. The summed E-state index contributed by atoms with van der Waals surface area (Å²) in [4.78, 5) is 12.6. The van der Waals surface area contributed by atoms with Crippen molar-refractivity contribution in [2.75, 3.05) is 5.48 Å². The van der Waals surface area contributed by atoms with Crippen LogP contribution in [0.1, 0.15) is 0 Å². The SMILES string of the molecule is Fc1cccc(NOc2ccnc3[nH]ccc23)c1. The molecule has 0 amide bonds. The average Bonchev–Trinajstić information content (AvgIpc) is 2.85. The molecule has 0 saturated heterocycles.